The van der Waals surface area contributed by atoms with Crippen molar-refractivity contribution < 1.29 is 9.84 Å². The van der Waals surface area contributed by atoms with Gasteiger partial charge in [0.1, 0.15) is 5.75 Å². The molecule has 1 atom stereocenters. The van der Waals surface area contributed by atoms with E-state index in [0.717, 1.165) is 5.69 Å². The lowest BCUT2D eigenvalue weighted by Crippen LogP contribution is -2.38. The van der Waals surface area contributed by atoms with Gasteiger partial charge in [-0.15, -0.1) is 0 Å². The molecular weight excluding hydrogens is 238 g/mol. The molecule has 17 heavy (non-hydrogen) atoms. The van der Waals surface area contributed by atoms with Crippen LogP contribution in [-0.2, 0) is 0 Å². The molecule has 4 heteroatoms. The van der Waals surface area contributed by atoms with Crippen LogP contribution in [0.1, 0.15) is 13.8 Å². The summed E-state index contributed by atoms with van der Waals surface area (Å²) in [6, 6.07) is 5.71. The number of anilines is 1. The summed E-state index contributed by atoms with van der Waals surface area (Å²) in [5.74, 6) is 1.03. The maximum absolute atomic E-state index is 9.40. The SMILES string of the molecule is COc1ccc(N(C)C(CO)C(C)C)cc1Cl. The number of likely N-dealkylation sites (N-methyl/N-ethyl adjacent to an activating group) is 1. The molecule has 96 valence electrons. The highest BCUT2D eigenvalue weighted by Crippen LogP contribution is 2.30. The lowest BCUT2D eigenvalue weighted by Gasteiger charge is -2.31. The molecule has 0 aromatic heterocycles. The number of nitrogens with zero attached hydrogens (tertiary/aromatic N) is 1. The Bertz CT molecular complexity index is 368. The van der Waals surface area contributed by atoms with Crippen LogP contribution in [0.4, 0.5) is 5.69 Å². The van der Waals surface area contributed by atoms with Gasteiger partial charge >= 0.3 is 0 Å². The minimum absolute atomic E-state index is 0.0828. The van der Waals surface area contributed by atoms with Crippen molar-refractivity contribution in [3.8, 4) is 5.75 Å². The Kier molecular flexibility index (Phi) is 5.09. The van der Waals surface area contributed by atoms with Crippen LogP contribution < -0.4 is 9.64 Å². The van der Waals surface area contributed by atoms with Crippen molar-refractivity contribution in [3.63, 3.8) is 0 Å². The van der Waals surface area contributed by atoms with Gasteiger partial charge in [0.2, 0.25) is 0 Å². The summed E-state index contributed by atoms with van der Waals surface area (Å²) in [6.07, 6.45) is 0. The van der Waals surface area contributed by atoms with Crippen LogP contribution in [0.25, 0.3) is 0 Å². The van der Waals surface area contributed by atoms with E-state index in [1.807, 2.05) is 30.1 Å². The van der Waals surface area contributed by atoms with Crippen LogP contribution in [0.2, 0.25) is 5.02 Å². The number of rotatable bonds is 5. The topological polar surface area (TPSA) is 32.7 Å². The lowest BCUT2D eigenvalue weighted by atomic mass is 10.0. The van der Waals surface area contributed by atoms with Crippen molar-refractivity contribution in [3.05, 3.63) is 23.2 Å². The minimum Gasteiger partial charge on any atom is -0.495 e. The second-order valence-corrected chi connectivity index (χ2v) is 4.83. The quantitative estimate of drug-likeness (QED) is 0.881. The molecule has 3 nitrogen and oxygen atoms in total. The number of aliphatic hydroxyl groups excluding tert-OH is 1. The maximum atomic E-state index is 9.40. The summed E-state index contributed by atoms with van der Waals surface area (Å²) in [5.41, 5.74) is 0.976. The Labute approximate surface area is 108 Å². The first-order valence-corrected chi connectivity index (χ1v) is 6.06. The zero-order valence-corrected chi connectivity index (χ0v) is 11.5. The number of ether oxygens (including phenoxy) is 1. The van der Waals surface area contributed by atoms with Gasteiger partial charge in [0.05, 0.1) is 24.8 Å². The maximum Gasteiger partial charge on any atom is 0.137 e. The molecule has 1 aromatic rings. The second kappa shape index (κ2) is 6.12. The van der Waals surface area contributed by atoms with E-state index in [1.165, 1.54) is 0 Å². The molecule has 0 amide bonds. The third kappa shape index (κ3) is 3.27. The Morgan fingerprint density at radius 1 is 1.41 bits per heavy atom. The molecule has 1 unspecified atom stereocenters. The molecule has 0 fully saturated rings. The van der Waals surface area contributed by atoms with Gasteiger partial charge in [-0.05, 0) is 24.1 Å². The third-order valence-electron chi connectivity index (χ3n) is 3.00. The fourth-order valence-electron chi connectivity index (χ4n) is 1.85. The molecular formula is C13H20ClNO2. The highest BCUT2D eigenvalue weighted by molar-refractivity contribution is 6.32. The molecule has 0 aliphatic heterocycles. The monoisotopic (exact) mass is 257 g/mol. The Morgan fingerprint density at radius 2 is 2.06 bits per heavy atom. The minimum atomic E-state index is 0.0828. The Hall–Kier alpha value is -0.930. The van der Waals surface area contributed by atoms with Crippen LogP contribution in [0, 0.1) is 5.92 Å². The van der Waals surface area contributed by atoms with Gasteiger partial charge in [0, 0.05) is 12.7 Å². The van der Waals surface area contributed by atoms with E-state index in [9.17, 15) is 5.11 Å². The van der Waals surface area contributed by atoms with E-state index >= 15 is 0 Å². The van der Waals surface area contributed by atoms with Crippen LogP contribution >= 0.6 is 11.6 Å². The van der Waals surface area contributed by atoms with Crippen molar-refractivity contribution in [2.45, 2.75) is 19.9 Å². The smallest absolute Gasteiger partial charge is 0.137 e. The Balaban J connectivity index is 2.95. The van der Waals surface area contributed by atoms with Crippen LogP contribution in [0.15, 0.2) is 18.2 Å². The molecule has 0 aliphatic carbocycles. The van der Waals surface area contributed by atoms with E-state index in [4.69, 9.17) is 16.3 Å². The molecule has 0 bridgehead atoms. The van der Waals surface area contributed by atoms with Gasteiger partial charge in [-0.25, -0.2) is 0 Å². The molecule has 0 saturated carbocycles. The summed E-state index contributed by atoms with van der Waals surface area (Å²) < 4.78 is 5.11. The number of hydrogen-bond acceptors (Lipinski definition) is 3. The van der Waals surface area contributed by atoms with Crippen molar-refractivity contribution in [2.24, 2.45) is 5.92 Å². The van der Waals surface area contributed by atoms with Crippen LogP contribution in [0.5, 0.6) is 5.75 Å². The van der Waals surface area contributed by atoms with Crippen molar-refractivity contribution in [1.82, 2.24) is 0 Å². The largest absolute Gasteiger partial charge is 0.495 e. The van der Waals surface area contributed by atoms with E-state index in [1.54, 1.807) is 7.11 Å². The lowest BCUT2D eigenvalue weighted by molar-refractivity contribution is 0.234. The number of hydrogen-bond donors (Lipinski definition) is 1. The highest BCUT2D eigenvalue weighted by atomic mass is 35.5. The fourth-order valence-corrected chi connectivity index (χ4v) is 2.10. The molecule has 0 spiro atoms. The van der Waals surface area contributed by atoms with Crippen molar-refractivity contribution in [1.29, 1.82) is 0 Å². The van der Waals surface area contributed by atoms with Crippen molar-refractivity contribution in [2.75, 3.05) is 25.7 Å². The molecule has 0 saturated heterocycles. The summed E-state index contributed by atoms with van der Waals surface area (Å²) in [7, 11) is 3.55. The summed E-state index contributed by atoms with van der Waals surface area (Å²) in [4.78, 5) is 2.04. The van der Waals surface area contributed by atoms with Gasteiger partial charge in [-0.2, -0.15) is 0 Å². The van der Waals surface area contributed by atoms with Gasteiger partial charge in [0.25, 0.3) is 0 Å². The van der Waals surface area contributed by atoms with Crippen LogP contribution in [0.3, 0.4) is 0 Å². The van der Waals surface area contributed by atoms with Gasteiger partial charge in [-0.1, -0.05) is 25.4 Å². The Morgan fingerprint density at radius 3 is 2.47 bits per heavy atom. The summed E-state index contributed by atoms with van der Waals surface area (Å²) in [6.45, 7) is 4.29. The standard InChI is InChI=1S/C13H20ClNO2/c1-9(2)12(8-16)15(3)10-5-6-13(17-4)11(14)7-10/h5-7,9,12,16H,8H2,1-4H3. The number of methoxy groups -OCH3 is 1. The normalized spacial score (nSPS) is 12.6. The van der Waals surface area contributed by atoms with Gasteiger partial charge in [0.15, 0.2) is 0 Å². The summed E-state index contributed by atoms with van der Waals surface area (Å²) >= 11 is 6.09. The van der Waals surface area contributed by atoms with E-state index in [0.29, 0.717) is 16.7 Å². The highest BCUT2D eigenvalue weighted by Gasteiger charge is 2.18. The molecule has 0 radical (unpaired) electrons. The zero-order chi connectivity index (χ0) is 13.0. The fraction of sp³-hybridized carbons (Fsp3) is 0.538. The predicted octanol–water partition coefficient (Wildman–Crippen LogP) is 2.80. The van der Waals surface area contributed by atoms with E-state index in [2.05, 4.69) is 13.8 Å². The number of halogens is 1. The second-order valence-electron chi connectivity index (χ2n) is 4.42. The number of aliphatic hydroxyl groups is 1. The average molecular weight is 258 g/mol. The van der Waals surface area contributed by atoms with Gasteiger partial charge in [-0.3, -0.25) is 0 Å². The molecule has 1 N–H and O–H groups in total. The first-order chi connectivity index (χ1) is 8.01. The molecule has 1 rings (SSSR count). The number of benzene rings is 1. The summed E-state index contributed by atoms with van der Waals surface area (Å²) in [5, 5.41) is 9.98. The first kappa shape index (κ1) is 14.1. The van der Waals surface area contributed by atoms with E-state index < -0.39 is 0 Å². The van der Waals surface area contributed by atoms with Gasteiger partial charge < -0.3 is 14.7 Å². The first-order valence-electron chi connectivity index (χ1n) is 5.68. The van der Waals surface area contributed by atoms with E-state index in [-0.39, 0.29) is 12.6 Å². The van der Waals surface area contributed by atoms with Crippen molar-refractivity contribution >= 4 is 17.3 Å². The zero-order valence-electron chi connectivity index (χ0n) is 10.8. The third-order valence-corrected chi connectivity index (χ3v) is 3.29. The van der Waals surface area contributed by atoms with Crippen LogP contribution in [-0.4, -0.2) is 31.9 Å². The predicted molar refractivity (Wildman–Crippen MR) is 72.1 cm³/mol. The average Bonchev–Trinajstić information content (AvgIpc) is 2.29. The molecule has 0 aliphatic rings. The molecule has 1 aromatic carbocycles. The molecule has 0 heterocycles.